The molecule has 0 saturated heterocycles. The highest BCUT2D eigenvalue weighted by molar-refractivity contribution is 6.12. The number of hydrogen-bond donors (Lipinski definition) is 2. The molecule has 0 aliphatic rings. The predicted octanol–water partition coefficient (Wildman–Crippen LogP) is 1.95. The normalized spacial score (nSPS) is 11.9. The highest BCUT2D eigenvalue weighted by Gasteiger charge is 1.98. The molecule has 0 aliphatic heterocycles. The van der Waals surface area contributed by atoms with Gasteiger partial charge in [0.15, 0.2) is 0 Å². The Morgan fingerprint density at radius 3 is 2.50 bits per heavy atom. The first-order chi connectivity index (χ1) is 6.74. The Kier molecular flexibility index (Phi) is 3.61. The highest BCUT2D eigenvalue weighted by Crippen LogP contribution is 2.02. The van der Waals surface area contributed by atoms with Crippen LogP contribution in [0.4, 0.5) is 0 Å². The molecule has 0 saturated carbocycles. The van der Waals surface area contributed by atoms with Crippen LogP contribution in [0.2, 0.25) is 0 Å². The molecule has 72 valence electrons. The Balaban J connectivity index is 3.07. The van der Waals surface area contributed by atoms with E-state index in [0.29, 0.717) is 5.71 Å². The first-order valence-electron chi connectivity index (χ1n) is 4.35. The Labute approximate surface area is 83.5 Å². The summed E-state index contributed by atoms with van der Waals surface area (Å²) in [5.41, 5.74) is 6.89. The molecule has 1 rings (SSSR count). The summed E-state index contributed by atoms with van der Waals surface area (Å²) in [6.45, 7) is 1.90. The van der Waals surface area contributed by atoms with E-state index >= 15 is 0 Å². The van der Waals surface area contributed by atoms with Gasteiger partial charge in [0.2, 0.25) is 5.96 Å². The molecule has 0 spiro atoms. The smallest absolute Gasteiger partial charge is 0.213 e. The molecule has 0 radical (unpaired) electrons. The highest BCUT2D eigenvalue weighted by atomic mass is 15.0. The summed E-state index contributed by atoms with van der Waals surface area (Å²) in [4.78, 5) is 3.93. The SMILES string of the molecule is C/C=C\C(=NC(=N)N)c1ccccc1. The molecule has 14 heavy (non-hydrogen) atoms. The van der Waals surface area contributed by atoms with E-state index in [4.69, 9.17) is 11.1 Å². The molecule has 0 fully saturated rings. The van der Waals surface area contributed by atoms with Crippen molar-refractivity contribution in [3.05, 3.63) is 48.0 Å². The lowest BCUT2D eigenvalue weighted by Crippen LogP contribution is -2.10. The van der Waals surface area contributed by atoms with Crippen LogP contribution in [0.5, 0.6) is 0 Å². The molecule has 0 aromatic heterocycles. The number of nitrogens with two attached hydrogens (primary N) is 1. The summed E-state index contributed by atoms with van der Waals surface area (Å²) in [5, 5.41) is 7.11. The fraction of sp³-hybridized carbons (Fsp3) is 0.0909. The van der Waals surface area contributed by atoms with Crippen LogP contribution in [-0.2, 0) is 0 Å². The van der Waals surface area contributed by atoms with Gasteiger partial charge < -0.3 is 5.73 Å². The number of guanidine groups is 1. The van der Waals surface area contributed by atoms with Gasteiger partial charge in [0.25, 0.3) is 0 Å². The number of rotatable bonds is 2. The van der Waals surface area contributed by atoms with Crippen molar-refractivity contribution in [2.75, 3.05) is 0 Å². The van der Waals surface area contributed by atoms with Crippen LogP contribution in [0.1, 0.15) is 12.5 Å². The summed E-state index contributed by atoms with van der Waals surface area (Å²) in [6.07, 6.45) is 3.70. The van der Waals surface area contributed by atoms with E-state index in [-0.39, 0.29) is 5.96 Å². The second-order valence-electron chi connectivity index (χ2n) is 2.75. The van der Waals surface area contributed by atoms with Crippen molar-refractivity contribution in [1.82, 2.24) is 0 Å². The second kappa shape index (κ2) is 4.97. The zero-order chi connectivity index (χ0) is 10.4. The van der Waals surface area contributed by atoms with E-state index in [0.717, 1.165) is 5.56 Å². The van der Waals surface area contributed by atoms with Gasteiger partial charge in [0.05, 0.1) is 5.71 Å². The Hall–Kier alpha value is -1.90. The number of benzene rings is 1. The van der Waals surface area contributed by atoms with Crippen LogP contribution in [-0.4, -0.2) is 11.7 Å². The van der Waals surface area contributed by atoms with E-state index in [1.165, 1.54) is 0 Å². The lowest BCUT2D eigenvalue weighted by Gasteiger charge is -1.99. The standard InChI is InChI=1S/C11H13N3/c1-2-6-10(14-11(12)13)9-7-4-3-5-8-9/h2-8H,1H3,(H3,12,13)/b6-2-,14-10?. The van der Waals surface area contributed by atoms with Gasteiger partial charge in [0.1, 0.15) is 0 Å². The van der Waals surface area contributed by atoms with Crippen LogP contribution in [0.15, 0.2) is 47.5 Å². The predicted molar refractivity (Wildman–Crippen MR) is 59.7 cm³/mol. The molecule has 3 N–H and O–H groups in total. The third-order valence-corrected chi connectivity index (χ3v) is 1.63. The topological polar surface area (TPSA) is 62.2 Å². The first kappa shape index (κ1) is 10.2. The third kappa shape index (κ3) is 2.86. The van der Waals surface area contributed by atoms with Crippen molar-refractivity contribution < 1.29 is 0 Å². The monoisotopic (exact) mass is 187 g/mol. The maximum Gasteiger partial charge on any atom is 0.213 e. The lowest BCUT2D eigenvalue weighted by molar-refractivity contribution is 1.38. The quantitative estimate of drug-likeness (QED) is 0.539. The molecule has 1 aromatic rings. The zero-order valence-electron chi connectivity index (χ0n) is 8.07. The summed E-state index contributed by atoms with van der Waals surface area (Å²) < 4.78 is 0. The molecule has 3 nitrogen and oxygen atoms in total. The number of nitrogens with one attached hydrogen (secondary N) is 1. The van der Waals surface area contributed by atoms with Crippen molar-refractivity contribution >= 4 is 11.7 Å². The average molecular weight is 187 g/mol. The van der Waals surface area contributed by atoms with Gasteiger partial charge in [0, 0.05) is 5.56 Å². The fourth-order valence-electron chi connectivity index (χ4n) is 1.09. The molecule has 0 atom stereocenters. The number of hydrogen-bond acceptors (Lipinski definition) is 1. The van der Waals surface area contributed by atoms with Gasteiger partial charge in [-0.1, -0.05) is 36.4 Å². The van der Waals surface area contributed by atoms with Gasteiger partial charge in [-0.3, -0.25) is 5.41 Å². The summed E-state index contributed by atoms with van der Waals surface area (Å²) in [5.74, 6) is -0.179. The van der Waals surface area contributed by atoms with Crippen LogP contribution in [0.25, 0.3) is 0 Å². The van der Waals surface area contributed by atoms with Crippen LogP contribution in [0, 0.1) is 5.41 Å². The first-order valence-corrected chi connectivity index (χ1v) is 4.35. The van der Waals surface area contributed by atoms with E-state index in [2.05, 4.69) is 4.99 Å². The van der Waals surface area contributed by atoms with Crippen molar-refractivity contribution in [2.45, 2.75) is 6.92 Å². The Bertz CT molecular complexity index is 363. The summed E-state index contributed by atoms with van der Waals surface area (Å²) in [6, 6.07) is 9.65. The maximum absolute atomic E-state index is 7.11. The van der Waals surface area contributed by atoms with E-state index < -0.39 is 0 Å². The van der Waals surface area contributed by atoms with Gasteiger partial charge in [-0.05, 0) is 13.0 Å². The van der Waals surface area contributed by atoms with E-state index in [9.17, 15) is 0 Å². The molecule has 0 amide bonds. The Morgan fingerprint density at radius 1 is 1.36 bits per heavy atom. The van der Waals surface area contributed by atoms with Gasteiger partial charge in [-0.15, -0.1) is 0 Å². The van der Waals surface area contributed by atoms with E-state index in [1.807, 2.05) is 49.4 Å². The van der Waals surface area contributed by atoms with Gasteiger partial charge >= 0.3 is 0 Å². The molecule has 0 heterocycles. The zero-order valence-corrected chi connectivity index (χ0v) is 8.07. The van der Waals surface area contributed by atoms with E-state index in [1.54, 1.807) is 0 Å². The molecule has 0 unspecified atom stereocenters. The average Bonchev–Trinajstić information content (AvgIpc) is 2.18. The maximum atomic E-state index is 7.11. The molecular weight excluding hydrogens is 174 g/mol. The number of nitrogens with zero attached hydrogens (tertiary/aromatic N) is 1. The molecule has 0 aliphatic carbocycles. The minimum atomic E-state index is -0.179. The molecular formula is C11H13N3. The molecule has 3 heteroatoms. The minimum Gasteiger partial charge on any atom is -0.368 e. The van der Waals surface area contributed by atoms with Crippen molar-refractivity contribution in [1.29, 1.82) is 5.41 Å². The van der Waals surface area contributed by atoms with Crippen LogP contribution < -0.4 is 5.73 Å². The van der Waals surface area contributed by atoms with Crippen molar-refractivity contribution in [3.8, 4) is 0 Å². The number of allylic oxidation sites excluding steroid dienone is 2. The van der Waals surface area contributed by atoms with Gasteiger partial charge in [-0.25, -0.2) is 4.99 Å². The molecule has 1 aromatic carbocycles. The summed E-state index contributed by atoms with van der Waals surface area (Å²) >= 11 is 0. The minimum absolute atomic E-state index is 0.179. The summed E-state index contributed by atoms with van der Waals surface area (Å²) in [7, 11) is 0. The molecule has 0 bridgehead atoms. The van der Waals surface area contributed by atoms with Crippen LogP contribution >= 0.6 is 0 Å². The Morgan fingerprint density at radius 2 is 2.00 bits per heavy atom. The number of aliphatic imine (C=N–C) groups is 1. The van der Waals surface area contributed by atoms with Crippen molar-refractivity contribution in [2.24, 2.45) is 10.7 Å². The lowest BCUT2D eigenvalue weighted by atomic mass is 10.1. The third-order valence-electron chi connectivity index (χ3n) is 1.63. The van der Waals surface area contributed by atoms with Gasteiger partial charge in [-0.2, -0.15) is 0 Å². The van der Waals surface area contributed by atoms with Crippen molar-refractivity contribution in [3.63, 3.8) is 0 Å². The fourth-order valence-corrected chi connectivity index (χ4v) is 1.09. The van der Waals surface area contributed by atoms with Crippen LogP contribution in [0.3, 0.4) is 0 Å². The largest absolute Gasteiger partial charge is 0.368 e. The second-order valence-corrected chi connectivity index (χ2v) is 2.75.